The SMILES string of the molecule is C=CCN(C(=O)C(CC(C)C)NC(=O)OC(C)(C)C)C(C(=O)Nc1c(C)cccc1C)c1cc(C)cc(C)c1. The molecule has 7 heteroatoms. The third kappa shape index (κ3) is 9.27. The molecule has 0 radical (unpaired) electrons. The van der Waals surface area contributed by atoms with E-state index < -0.39 is 23.8 Å². The Bertz CT molecular complexity index is 1160. The molecule has 39 heavy (non-hydrogen) atoms. The summed E-state index contributed by atoms with van der Waals surface area (Å²) in [6.07, 6.45) is 1.30. The van der Waals surface area contributed by atoms with Gasteiger partial charge in [0, 0.05) is 12.2 Å². The number of nitrogens with one attached hydrogen (secondary N) is 2. The molecule has 7 nitrogen and oxygen atoms in total. The van der Waals surface area contributed by atoms with E-state index in [-0.39, 0.29) is 24.3 Å². The van der Waals surface area contributed by atoms with Crippen molar-refractivity contribution in [3.05, 3.63) is 76.9 Å². The second-order valence-corrected chi connectivity index (χ2v) is 11.7. The molecule has 0 saturated carbocycles. The molecule has 2 aromatic carbocycles. The van der Waals surface area contributed by atoms with Crippen LogP contribution in [0.5, 0.6) is 0 Å². The summed E-state index contributed by atoms with van der Waals surface area (Å²) in [5, 5.41) is 5.84. The Labute approximate surface area is 234 Å². The first-order chi connectivity index (χ1) is 18.1. The molecule has 0 saturated heterocycles. The second kappa shape index (κ2) is 13.5. The number of aryl methyl sites for hydroxylation is 4. The molecule has 3 amide bonds. The fourth-order valence-corrected chi connectivity index (χ4v) is 4.65. The number of nitrogens with zero attached hydrogens (tertiary/aromatic N) is 1. The van der Waals surface area contributed by atoms with Crippen LogP contribution in [0, 0.1) is 33.6 Å². The highest BCUT2D eigenvalue weighted by Gasteiger charge is 2.36. The molecule has 2 atom stereocenters. The maximum Gasteiger partial charge on any atom is 0.408 e. The first kappa shape index (κ1) is 31.6. The summed E-state index contributed by atoms with van der Waals surface area (Å²) in [6, 6.07) is 9.83. The number of alkyl carbamates (subject to hydrolysis) is 1. The molecule has 0 aliphatic heterocycles. The number of benzene rings is 2. The molecule has 2 unspecified atom stereocenters. The number of anilines is 1. The van der Waals surface area contributed by atoms with Crippen molar-refractivity contribution in [1.29, 1.82) is 0 Å². The van der Waals surface area contributed by atoms with Crippen molar-refractivity contribution in [1.82, 2.24) is 10.2 Å². The van der Waals surface area contributed by atoms with Crippen molar-refractivity contribution in [2.75, 3.05) is 11.9 Å². The van der Waals surface area contributed by atoms with Gasteiger partial charge in [-0.2, -0.15) is 0 Å². The molecule has 2 rings (SSSR count). The summed E-state index contributed by atoms with van der Waals surface area (Å²) >= 11 is 0. The van der Waals surface area contributed by atoms with Crippen molar-refractivity contribution >= 4 is 23.6 Å². The van der Waals surface area contributed by atoms with Gasteiger partial charge in [-0.05, 0) is 77.5 Å². The summed E-state index contributed by atoms with van der Waals surface area (Å²) in [6.45, 7) is 21.0. The minimum atomic E-state index is -0.955. The fourth-order valence-electron chi connectivity index (χ4n) is 4.65. The average molecular weight is 536 g/mol. The van der Waals surface area contributed by atoms with Gasteiger partial charge in [0.2, 0.25) is 5.91 Å². The lowest BCUT2D eigenvalue weighted by Crippen LogP contribution is -2.52. The van der Waals surface area contributed by atoms with Crippen LogP contribution in [0.4, 0.5) is 10.5 Å². The predicted molar refractivity (Wildman–Crippen MR) is 158 cm³/mol. The second-order valence-electron chi connectivity index (χ2n) is 11.7. The molecule has 0 bridgehead atoms. The van der Waals surface area contributed by atoms with Crippen molar-refractivity contribution in [2.45, 2.75) is 86.4 Å². The summed E-state index contributed by atoms with van der Waals surface area (Å²) in [5.74, 6) is -0.619. The van der Waals surface area contributed by atoms with Crippen LogP contribution in [0.25, 0.3) is 0 Å². The van der Waals surface area contributed by atoms with E-state index in [2.05, 4.69) is 17.2 Å². The minimum Gasteiger partial charge on any atom is -0.444 e. The van der Waals surface area contributed by atoms with Crippen LogP contribution < -0.4 is 10.6 Å². The lowest BCUT2D eigenvalue weighted by Gasteiger charge is -2.34. The predicted octanol–water partition coefficient (Wildman–Crippen LogP) is 6.55. The van der Waals surface area contributed by atoms with E-state index in [0.717, 1.165) is 22.3 Å². The largest absolute Gasteiger partial charge is 0.444 e. The maximum absolute atomic E-state index is 14.2. The first-order valence-corrected chi connectivity index (χ1v) is 13.5. The lowest BCUT2D eigenvalue weighted by molar-refractivity contribution is -0.140. The molecular formula is C32H45N3O4. The number of amides is 3. The van der Waals surface area contributed by atoms with Gasteiger partial charge in [-0.25, -0.2) is 4.79 Å². The third-order valence-corrected chi connectivity index (χ3v) is 6.15. The highest BCUT2D eigenvalue weighted by molar-refractivity contribution is 6.00. The number of rotatable bonds is 10. The zero-order chi connectivity index (χ0) is 29.5. The van der Waals surface area contributed by atoms with Gasteiger partial charge >= 0.3 is 6.09 Å². The van der Waals surface area contributed by atoms with Crippen molar-refractivity contribution < 1.29 is 19.1 Å². The Morgan fingerprint density at radius 1 is 1.00 bits per heavy atom. The molecular weight excluding hydrogens is 490 g/mol. The van der Waals surface area contributed by atoms with Crippen LogP contribution in [-0.2, 0) is 14.3 Å². The van der Waals surface area contributed by atoms with E-state index >= 15 is 0 Å². The number of hydrogen-bond donors (Lipinski definition) is 2. The number of carbonyl (C=O) groups is 3. The summed E-state index contributed by atoms with van der Waals surface area (Å²) in [4.78, 5) is 42.4. The summed E-state index contributed by atoms with van der Waals surface area (Å²) < 4.78 is 5.45. The van der Waals surface area contributed by atoms with Crippen molar-refractivity contribution in [3.63, 3.8) is 0 Å². The quantitative estimate of drug-likeness (QED) is 0.338. The maximum atomic E-state index is 14.2. The molecule has 0 spiro atoms. The van der Waals surface area contributed by atoms with Crippen molar-refractivity contribution in [2.24, 2.45) is 5.92 Å². The van der Waals surface area contributed by atoms with E-state index in [0.29, 0.717) is 17.7 Å². The van der Waals surface area contributed by atoms with Gasteiger partial charge in [-0.1, -0.05) is 67.4 Å². The van der Waals surface area contributed by atoms with Gasteiger partial charge in [0.05, 0.1) is 0 Å². The summed E-state index contributed by atoms with van der Waals surface area (Å²) in [5.41, 5.74) is 4.49. The number of carbonyl (C=O) groups excluding carboxylic acids is 3. The molecule has 2 aromatic rings. The molecule has 212 valence electrons. The molecule has 0 aliphatic carbocycles. The molecule has 0 fully saturated rings. The Balaban J connectivity index is 2.60. The van der Waals surface area contributed by atoms with Gasteiger partial charge in [0.25, 0.3) is 5.91 Å². The Morgan fingerprint density at radius 2 is 1.56 bits per heavy atom. The van der Waals surface area contributed by atoms with Crippen LogP contribution in [0.3, 0.4) is 0 Å². The molecule has 2 N–H and O–H groups in total. The normalized spacial score (nSPS) is 12.9. The zero-order valence-corrected chi connectivity index (χ0v) is 25.0. The van der Waals surface area contributed by atoms with E-state index in [1.54, 1.807) is 26.8 Å². The fraction of sp³-hybridized carbons (Fsp3) is 0.469. The van der Waals surface area contributed by atoms with Gasteiger partial charge < -0.3 is 20.3 Å². The van der Waals surface area contributed by atoms with Gasteiger partial charge in [-0.15, -0.1) is 6.58 Å². The minimum absolute atomic E-state index is 0.0996. The summed E-state index contributed by atoms with van der Waals surface area (Å²) in [7, 11) is 0. The standard InChI is InChI=1S/C32H45N3O4/c1-11-15-35(30(37)26(16-20(2)3)33-31(38)39-32(8,9)10)28(25-18-21(4)17-22(5)19-25)29(36)34-27-23(6)13-12-14-24(27)7/h11-14,17-20,26,28H,1,15-16H2,2-10H3,(H,33,38)(H,34,36). The zero-order valence-electron chi connectivity index (χ0n) is 25.0. The smallest absolute Gasteiger partial charge is 0.408 e. The van der Waals surface area contributed by atoms with Gasteiger partial charge in [0.15, 0.2) is 0 Å². The van der Waals surface area contributed by atoms with E-state index in [1.807, 2.05) is 77.9 Å². The van der Waals surface area contributed by atoms with Crippen LogP contribution in [0.2, 0.25) is 0 Å². The first-order valence-electron chi connectivity index (χ1n) is 13.5. The van der Waals surface area contributed by atoms with Crippen LogP contribution in [0.1, 0.15) is 74.9 Å². The van der Waals surface area contributed by atoms with Crippen LogP contribution in [-0.4, -0.2) is 41.0 Å². The molecule has 0 aliphatic rings. The van der Waals surface area contributed by atoms with Crippen LogP contribution >= 0.6 is 0 Å². The van der Waals surface area contributed by atoms with E-state index in [4.69, 9.17) is 4.74 Å². The Hall–Kier alpha value is -3.61. The molecule has 0 heterocycles. The van der Waals surface area contributed by atoms with E-state index in [1.165, 1.54) is 4.90 Å². The lowest BCUT2D eigenvalue weighted by atomic mass is 9.96. The number of para-hydroxylation sites is 1. The number of ether oxygens (including phenoxy) is 1. The van der Waals surface area contributed by atoms with Crippen molar-refractivity contribution in [3.8, 4) is 0 Å². The van der Waals surface area contributed by atoms with Gasteiger partial charge in [-0.3, -0.25) is 9.59 Å². The Kier molecular flexibility index (Phi) is 10.9. The Morgan fingerprint density at radius 3 is 2.05 bits per heavy atom. The number of hydrogen-bond acceptors (Lipinski definition) is 4. The third-order valence-electron chi connectivity index (χ3n) is 6.15. The van der Waals surface area contributed by atoms with E-state index in [9.17, 15) is 14.4 Å². The highest BCUT2D eigenvalue weighted by Crippen LogP contribution is 2.29. The highest BCUT2D eigenvalue weighted by atomic mass is 16.6. The van der Waals surface area contributed by atoms with Crippen LogP contribution in [0.15, 0.2) is 49.1 Å². The monoisotopic (exact) mass is 535 g/mol. The topological polar surface area (TPSA) is 87.7 Å². The molecule has 0 aromatic heterocycles. The van der Waals surface area contributed by atoms with Gasteiger partial charge in [0.1, 0.15) is 17.7 Å². The average Bonchev–Trinajstić information content (AvgIpc) is 2.78.